The van der Waals surface area contributed by atoms with Gasteiger partial charge >= 0.3 is 5.97 Å². The van der Waals surface area contributed by atoms with Crippen LogP contribution in [0.2, 0.25) is 0 Å². The summed E-state index contributed by atoms with van der Waals surface area (Å²) in [5, 5.41) is 9.60. The molecule has 1 N–H and O–H groups in total. The van der Waals surface area contributed by atoms with E-state index >= 15 is 0 Å². The maximum atomic E-state index is 13.3. The van der Waals surface area contributed by atoms with Crippen molar-refractivity contribution in [2.24, 2.45) is 0 Å². The van der Waals surface area contributed by atoms with Crippen LogP contribution in [0.4, 0.5) is 4.39 Å². The zero-order valence-corrected chi connectivity index (χ0v) is 9.07. The highest BCUT2D eigenvalue weighted by atomic mass is 19.1. The molecular weight excluding hydrogens is 215 g/mol. The first-order chi connectivity index (χ1) is 7.58. The number of benzene rings is 1. The lowest BCUT2D eigenvalue weighted by atomic mass is 10.1. The van der Waals surface area contributed by atoms with Gasteiger partial charge in [-0.05, 0) is 17.7 Å². The fourth-order valence-electron chi connectivity index (χ4n) is 1.25. The fourth-order valence-corrected chi connectivity index (χ4v) is 1.25. The number of carbonyl (C=O) groups is 1. The maximum absolute atomic E-state index is 13.3. The van der Waals surface area contributed by atoms with E-state index in [1.165, 1.54) is 26.4 Å². The molecule has 4 nitrogen and oxygen atoms in total. The minimum absolute atomic E-state index is 0.0917. The van der Waals surface area contributed by atoms with Crippen LogP contribution in [0.3, 0.4) is 0 Å². The number of rotatable bonds is 4. The van der Waals surface area contributed by atoms with Crippen LogP contribution in [0, 0.1) is 5.82 Å². The number of aliphatic hydroxyl groups is 1. The van der Waals surface area contributed by atoms with Crippen molar-refractivity contribution in [1.82, 2.24) is 0 Å². The minimum Gasteiger partial charge on any atom is -0.494 e. The molecule has 0 aromatic heterocycles. The van der Waals surface area contributed by atoms with Gasteiger partial charge in [0.1, 0.15) is 0 Å². The van der Waals surface area contributed by atoms with E-state index in [9.17, 15) is 14.3 Å². The van der Waals surface area contributed by atoms with Crippen LogP contribution in [0.15, 0.2) is 18.2 Å². The molecule has 1 aromatic rings. The molecule has 0 amide bonds. The summed E-state index contributed by atoms with van der Waals surface area (Å²) in [6.45, 7) is 0. The summed E-state index contributed by atoms with van der Waals surface area (Å²) >= 11 is 0. The van der Waals surface area contributed by atoms with Crippen molar-refractivity contribution in [3.8, 4) is 5.75 Å². The lowest BCUT2D eigenvalue weighted by molar-refractivity contribution is -0.142. The van der Waals surface area contributed by atoms with Crippen molar-refractivity contribution >= 4 is 5.97 Å². The van der Waals surface area contributed by atoms with Crippen molar-refractivity contribution < 1.29 is 23.8 Å². The number of esters is 1. The third kappa shape index (κ3) is 2.93. The van der Waals surface area contributed by atoms with Crippen molar-refractivity contribution in [1.29, 1.82) is 0 Å². The summed E-state index contributed by atoms with van der Waals surface area (Å²) in [7, 11) is 2.58. The average Bonchev–Trinajstić information content (AvgIpc) is 2.28. The smallest absolute Gasteiger partial charge is 0.308 e. The molecule has 0 fully saturated rings. The number of halogens is 1. The molecule has 0 aliphatic carbocycles. The Hall–Kier alpha value is -1.62. The van der Waals surface area contributed by atoms with E-state index in [0.717, 1.165) is 6.07 Å². The Kier molecular flexibility index (Phi) is 4.25. The molecule has 0 heterocycles. The molecule has 0 saturated carbocycles. The van der Waals surface area contributed by atoms with Gasteiger partial charge in [0.05, 0.1) is 26.7 Å². The Morgan fingerprint density at radius 3 is 2.69 bits per heavy atom. The molecule has 88 valence electrons. The molecule has 0 spiro atoms. The molecule has 1 rings (SSSR count). The van der Waals surface area contributed by atoms with Crippen molar-refractivity contribution in [2.45, 2.75) is 12.5 Å². The normalized spacial score (nSPS) is 12.0. The van der Waals surface area contributed by atoms with Crippen molar-refractivity contribution in [2.75, 3.05) is 14.2 Å². The van der Waals surface area contributed by atoms with Gasteiger partial charge in [-0.2, -0.15) is 0 Å². The number of methoxy groups -OCH3 is 2. The predicted octanol–water partition coefficient (Wildman–Crippen LogP) is 1.43. The van der Waals surface area contributed by atoms with Gasteiger partial charge in [-0.15, -0.1) is 0 Å². The predicted molar refractivity (Wildman–Crippen MR) is 54.5 cm³/mol. The molecule has 1 aromatic carbocycles. The second-order valence-corrected chi connectivity index (χ2v) is 3.19. The van der Waals surface area contributed by atoms with Gasteiger partial charge in [0, 0.05) is 0 Å². The molecule has 0 radical (unpaired) electrons. The molecule has 1 atom stereocenters. The molecule has 0 saturated heterocycles. The summed E-state index contributed by atoms with van der Waals surface area (Å²) in [6.07, 6.45) is -1.28. The van der Waals surface area contributed by atoms with Gasteiger partial charge in [-0.1, -0.05) is 6.07 Å². The second kappa shape index (κ2) is 5.46. The Morgan fingerprint density at radius 1 is 1.50 bits per heavy atom. The molecule has 16 heavy (non-hydrogen) atoms. The van der Waals surface area contributed by atoms with E-state index in [0.29, 0.717) is 5.56 Å². The van der Waals surface area contributed by atoms with E-state index < -0.39 is 17.9 Å². The third-order valence-electron chi connectivity index (χ3n) is 2.15. The van der Waals surface area contributed by atoms with Gasteiger partial charge in [-0.25, -0.2) is 4.39 Å². The van der Waals surface area contributed by atoms with Gasteiger partial charge < -0.3 is 14.6 Å². The van der Waals surface area contributed by atoms with Gasteiger partial charge in [0.15, 0.2) is 11.6 Å². The summed E-state index contributed by atoms with van der Waals surface area (Å²) in [4.78, 5) is 10.9. The van der Waals surface area contributed by atoms with E-state index in [-0.39, 0.29) is 12.2 Å². The molecule has 0 aliphatic heterocycles. The number of aliphatic hydroxyl groups excluding tert-OH is 1. The topological polar surface area (TPSA) is 55.8 Å². The second-order valence-electron chi connectivity index (χ2n) is 3.19. The lowest BCUT2D eigenvalue weighted by Gasteiger charge is -2.10. The monoisotopic (exact) mass is 228 g/mol. The van der Waals surface area contributed by atoms with E-state index in [4.69, 9.17) is 4.74 Å². The minimum atomic E-state index is -1.08. The summed E-state index contributed by atoms with van der Waals surface area (Å²) in [6, 6.07) is 4.02. The van der Waals surface area contributed by atoms with Crippen LogP contribution >= 0.6 is 0 Å². The lowest BCUT2D eigenvalue weighted by Crippen LogP contribution is -2.08. The van der Waals surface area contributed by atoms with Gasteiger partial charge in [0.25, 0.3) is 0 Å². The Bertz CT molecular complexity index is 378. The first-order valence-corrected chi connectivity index (χ1v) is 4.66. The zero-order valence-electron chi connectivity index (χ0n) is 9.07. The first kappa shape index (κ1) is 12.4. The highest BCUT2D eigenvalue weighted by Gasteiger charge is 2.15. The molecular formula is C11H13FO4. The highest BCUT2D eigenvalue weighted by Crippen LogP contribution is 2.23. The third-order valence-corrected chi connectivity index (χ3v) is 2.15. The molecule has 5 heteroatoms. The van der Waals surface area contributed by atoms with E-state index in [1.54, 1.807) is 0 Å². The van der Waals surface area contributed by atoms with Crippen LogP contribution in [-0.2, 0) is 9.53 Å². The van der Waals surface area contributed by atoms with Gasteiger partial charge in [-0.3, -0.25) is 4.79 Å². The number of hydrogen-bond donors (Lipinski definition) is 1. The Labute approximate surface area is 92.6 Å². The number of hydrogen-bond acceptors (Lipinski definition) is 4. The zero-order chi connectivity index (χ0) is 12.1. The number of carbonyl (C=O) groups excluding carboxylic acids is 1. The Morgan fingerprint density at radius 2 is 2.19 bits per heavy atom. The fraction of sp³-hybridized carbons (Fsp3) is 0.364. The standard InChI is InChI=1S/C11H13FO4/c1-15-10-4-3-7(5-8(10)12)9(13)6-11(14)16-2/h3-5,9,13H,6H2,1-2H3. The van der Waals surface area contributed by atoms with Crippen LogP contribution in [-0.4, -0.2) is 25.3 Å². The largest absolute Gasteiger partial charge is 0.494 e. The highest BCUT2D eigenvalue weighted by molar-refractivity contribution is 5.70. The van der Waals surface area contributed by atoms with Crippen molar-refractivity contribution in [3.05, 3.63) is 29.6 Å². The van der Waals surface area contributed by atoms with Crippen LogP contribution in [0.25, 0.3) is 0 Å². The van der Waals surface area contributed by atoms with Crippen molar-refractivity contribution in [3.63, 3.8) is 0 Å². The van der Waals surface area contributed by atoms with E-state index in [2.05, 4.69) is 4.74 Å². The number of ether oxygens (including phenoxy) is 2. The van der Waals surface area contributed by atoms with Crippen LogP contribution < -0.4 is 4.74 Å². The first-order valence-electron chi connectivity index (χ1n) is 4.66. The molecule has 0 bridgehead atoms. The summed E-state index contributed by atoms with van der Waals surface area (Å²) < 4.78 is 22.4. The quantitative estimate of drug-likeness (QED) is 0.792. The molecule has 1 unspecified atom stereocenters. The molecule has 0 aliphatic rings. The summed E-state index contributed by atoms with van der Waals surface area (Å²) in [5.74, 6) is -1.04. The average molecular weight is 228 g/mol. The van der Waals surface area contributed by atoms with E-state index in [1.807, 2.05) is 0 Å². The Balaban J connectivity index is 2.80. The summed E-state index contributed by atoms with van der Waals surface area (Å²) in [5.41, 5.74) is 0.309. The van der Waals surface area contributed by atoms with Crippen LogP contribution in [0.5, 0.6) is 5.75 Å². The van der Waals surface area contributed by atoms with Crippen LogP contribution in [0.1, 0.15) is 18.1 Å². The SMILES string of the molecule is COC(=O)CC(O)c1ccc(OC)c(F)c1. The maximum Gasteiger partial charge on any atom is 0.308 e. The van der Waals surface area contributed by atoms with Gasteiger partial charge in [0.2, 0.25) is 0 Å².